The highest BCUT2D eigenvalue weighted by molar-refractivity contribution is 4.99. The molecule has 0 heterocycles. The van der Waals surface area contributed by atoms with Crippen molar-refractivity contribution in [3.05, 3.63) is 0 Å². The molecule has 0 aromatic carbocycles. The van der Waals surface area contributed by atoms with Crippen LogP contribution in [0.25, 0.3) is 0 Å². The lowest BCUT2D eigenvalue weighted by Crippen LogP contribution is -2.55. The van der Waals surface area contributed by atoms with Crippen molar-refractivity contribution in [2.24, 2.45) is 29.4 Å². The van der Waals surface area contributed by atoms with Gasteiger partial charge in [0, 0.05) is 5.54 Å². The predicted octanol–water partition coefficient (Wildman–Crippen LogP) is 4.75. The molecular weight excluding hydrogens is 218 g/mol. The van der Waals surface area contributed by atoms with E-state index in [1.807, 2.05) is 0 Å². The highest BCUT2D eigenvalue weighted by atomic mass is 14.8. The maximum Gasteiger partial charge on any atom is 0.0209 e. The van der Waals surface area contributed by atoms with Crippen molar-refractivity contribution in [2.45, 2.75) is 84.1 Å². The zero-order chi connectivity index (χ0) is 13.2. The summed E-state index contributed by atoms with van der Waals surface area (Å²) in [5.41, 5.74) is 7.11. The summed E-state index contributed by atoms with van der Waals surface area (Å²) < 4.78 is 0. The largest absolute Gasteiger partial charge is 0.325 e. The molecule has 1 heteroatoms. The maximum atomic E-state index is 6.97. The Labute approximate surface area is 114 Å². The van der Waals surface area contributed by atoms with Crippen LogP contribution in [0.2, 0.25) is 0 Å². The Balaban J connectivity index is 2.07. The summed E-state index contributed by atoms with van der Waals surface area (Å²) in [6.07, 6.45) is 12.4. The normalized spacial score (nSPS) is 41.3. The van der Waals surface area contributed by atoms with Crippen molar-refractivity contribution in [3.8, 4) is 0 Å². The van der Waals surface area contributed by atoms with Crippen LogP contribution in [0.3, 0.4) is 0 Å². The molecule has 1 nitrogen and oxygen atoms in total. The standard InChI is InChI=1S/C17H33N/c1-4-17(18,15-9-5-7-13(2)11-15)16-10-6-8-14(3)12-16/h13-16H,4-12,18H2,1-3H3. The first-order valence-electron chi connectivity index (χ1n) is 8.35. The molecule has 0 saturated heterocycles. The van der Waals surface area contributed by atoms with Gasteiger partial charge in [-0.2, -0.15) is 0 Å². The molecule has 2 N–H and O–H groups in total. The van der Waals surface area contributed by atoms with Gasteiger partial charge < -0.3 is 5.73 Å². The molecule has 0 spiro atoms. The van der Waals surface area contributed by atoms with Gasteiger partial charge in [0.05, 0.1) is 0 Å². The highest BCUT2D eigenvalue weighted by Crippen LogP contribution is 2.45. The van der Waals surface area contributed by atoms with Gasteiger partial charge in [-0.05, 0) is 55.8 Å². The maximum absolute atomic E-state index is 6.97. The van der Waals surface area contributed by atoms with E-state index in [0.29, 0.717) is 0 Å². The van der Waals surface area contributed by atoms with E-state index in [4.69, 9.17) is 5.73 Å². The summed E-state index contributed by atoms with van der Waals surface area (Å²) in [6.45, 7) is 7.18. The van der Waals surface area contributed by atoms with Crippen LogP contribution >= 0.6 is 0 Å². The van der Waals surface area contributed by atoms with Crippen molar-refractivity contribution in [1.29, 1.82) is 0 Å². The summed E-state index contributed by atoms with van der Waals surface area (Å²) in [5, 5.41) is 0. The third kappa shape index (κ3) is 2.92. The molecule has 0 radical (unpaired) electrons. The summed E-state index contributed by atoms with van der Waals surface area (Å²) >= 11 is 0. The fourth-order valence-corrected chi connectivity index (χ4v) is 4.76. The van der Waals surface area contributed by atoms with Gasteiger partial charge in [0.2, 0.25) is 0 Å². The Bertz CT molecular complexity index is 238. The van der Waals surface area contributed by atoms with Crippen LogP contribution in [0.15, 0.2) is 0 Å². The molecular formula is C17H33N. The number of nitrogens with two attached hydrogens (primary N) is 1. The molecule has 4 atom stereocenters. The summed E-state index contributed by atoms with van der Waals surface area (Å²) in [6, 6.07) is 0. The van der Waals surface area contributed by atoms with Gasteiger partial charge in [0.15, 0.2) is 0 Å². The molecule has 0 aliphatic heterocycles. The first-order chi connectivity index (χ1) is 8.56. The molecule has 2 fully saturated rings. The fourth-order valence-electron chi connectivity index (χ4n) is 4.76. The topological polar surface area (TPSA) is 26.0 Å². The molecule has 0 aromatic rings. The molecule has 2 aliphatic rings. The van der Waals surface area contributed by atoms with Gasteiger partial charge in [0.25, 0.3) is 0 Å². The van der Waals surface area contributed by atoms with Gasteiger partial charge >= 0.3 is 0 Å². The molecule has 4 unspecified atom stereocenters. The number of hydrogen-bond acceptors (Lipinski definition) is 1. The van der Waals surface area contributed by atoms with Crippen LogP contribution in [0.5, 0.6) is 0 Å². The lowest BCUT2D eigenvalue weighted by Gasteiger charge is -2.48. The van der Waals surface area contributed by atoms with Crippen LogP contribution in [-0.2, 0) is 0 Å². The van der Waals surface area contributed by atoms with Crippen molar-refractivity contribution >= 4 is 0 Å². The molecule has 0 aromatic heterocycles. The van der Waals surface area contributed by atoms with E-state index in [1.165, 1.54) is 57.8 Å². The fraction of sp³-hybridized carbons (Fsp3) is 1.00. The van der Waals surface area contributed by atoms with Crippen molar-refractivity contribution in [2.75, 3.05) is 0 Å². The molecule has 0 bridgehead atoms. The van der Waals surface area contributed by atoms with E-state index in [1.54, 1.807) is 0 Å². The monoisotopic (exact) mass is 251 g/mol. The molecule has 18 heavy (non-hydrogen) atoms. The van der Waals surface area contributed by atoms with Crippen LogP contribution in [0.1, 0.15) is 78.6 Å². The third-order valence-electron chi connectivity index (χ3n) is 6.01. The third-order valence-corrected chi connectivity index (χ3v) is 6.01. The molecule has 106 valence electrons. The van der Waals surface area contributed by atoms with Crippen molar-refractivity contribution in [1.82, 2.24) is 0 Å². The van der Waals surface area contributed by atoms with Crippen LogP contribution in [0.4, 0.5) is 0 Å². The molecule has 2 rings (SSSR count). The Hall–Kier alpha value is -0.0400. The summed E-state index contributed by atoms with van der Waals surface area (Å²) in [5.74, 6) is 3.39. The minimum atomic E-state index is 0.142. The van der Waals surface area contributed by atoms with Gasteiger partial charge in [-0.25, -0.2) is 0 Å². The van der Waals surface area contributed by atoms with Crippen molar-refractivity contribution < 1.29 is 0 Å². The Morgan fingerprint density at radius 3 is 1.67 bits per heavy atom. The minimum absolute atomic E-state index is 0.142. The second kappa shape index (κ2) is 5.94. The lowest BCUT2D eigenvalue weighted by atomic mass is 9.61. The minimum Gasteiger partial charge on any atom is -0.325 e. The summed E-state index contributed by atoms with van der Waals surface area (Å²) in [7, 11) is 0. The zero-order valence-corrected chi connectivity index (χ0v) is 12.8. The Morgan fingerprint density at radius 2 is 1.33 bits per heavy atom. The van der Waals surface area contributed by atoms with E-state index >= 15 is 0 Å². The van der Waals surface area contributed by atoms with E-state index < -0.39 is 0 Å². The van der Waals surface area contributed by atoms with E-state index in [2.05, 4.69) is 20.8 Å². The Kier molecular flexibility index (Phi) is 4.75. The average molecular weight is 251 g/mol. The number of hydrogen-bond donors (Lipinski definition) is 1. The highest BCUT2D eigenvalue weighted by Gasteiger charge is 2.42. The van der Waals surface area contributed by atoms with Crippen LogP contribution in [0, 0.1) is 23.7 Å². The summed E-state index contributed by atoms with van der Waals surface area (Å²) in [4.78, 5) is 0. The van der Waals surface area contributed by atoms with Gasteiger partial charge in [-0.15, -0.1) is 0 Å². The smallest absolute Gasteiger partial charge is 0.0209 e. The number of rotatable bonds is 3. The van der Waals surface area contributed by atoms with Gasteiger partial charge in [-0.3, -0.25) is 0 Å². The second-order valence-electron chi connectivity index (χ2n) is 7.40. The first-order valence-corrected chi connectivity index (χ1v) is 8.35. The molecule has 0 amide bonds. The van der Waals surface area contributed by atoms with Gasteiger partial charge in [0.1, 0.15) is 0 Å². The van der Waals surface area contributed by atoms with E-state index in [9.17, 15) is 0 Å². The van der Waals surface area contributed by atoms with Crippen LogP contribution in [-0.4, -0.2) is 5.54 Å². The average Bonchev–Trinajstić information content (AvgIpc) is 2.38. The van der Waals surface area contributed by atoms with Crippen molar-refractivity contribution in [3.63, 3.8) is 0 Å². The van der Waals surface area contributed by atoms with E-state index in [0.717, 1.165) is 23.7 Å². The quantitative estimate of drug-likeness (QED) is 0.770. The van der Waals surface area contributed by atoms with E-state index in [-0.39, 0.29) is 5.54 Å². The van der Waals surface area contributed by atoms with Gasteiger partial charge in [-0.1, -0.05) is 46.5 Å². The first kappa shape index (κ1) is 14.4. The zero-order valence-electron chi connectivity index (χ0n) is 12.8. The molecule has 2 saturated carbocycles. The SMILES string of the molecule is CCC(N)(C1CCCC(C)C1)C1CCCC(C)C1. The lowest BCUT2D eigenvalue weighted by molar-refractivity contribution is 0.0736. The molecule has 2 aliphatic carbocycles. The predicted molar refractivity (Wildman–Crippen MR) is 79.5 cm³/mol. The van der Waals surface area contributed by atoms with Crippen LogP contribution < -0.4 is 5.73 Å². The Morgan fingerprint density at radius 1 is 0.889 bits per heavy atom. The second-order valence-corrected chi connectivity index (χ2v) is 7.40.